The van der Waals surface area contributed by atoms with E-state index in [-0.39, 0.29) is 5.97 Å². The molecule has 23 heavy (non-hydrogen) atoms. The summed E-state index contributed by atoms with van der Waals surface area (Å²) in [5.74, 6) is -0.370. The average molecular weight is 329 g/mol. The Kier molecular flexibility index (Phi) is 13.6. The van der Waals surface area contributed by atoms with Crippen molar-refractivity contribution in [3.63, 3.8) is 0 Å². The van der Waals surface area contributed by atoms with Crippen molar-refractivity contribution >= 4 is 12.1 Å². The number of ether oxygens (including phenoxy) is 2. The fourth-order valence-corrected chi connectivity index (χ4v) is 2.11. The molecule has 0 N–H and O–H groups in total. The first kappa shape index (κ1) is 21.7. The summed E-state index contributed by atoms with van der Waals surface area (Å²) >= 11 is 0. The highest BCUT2D eigenvalue weighted by atomic mass is 16.6. The van der Waals surface area contributed by atoms with Crippen LogP contribution in [0.2, 0.25) is 0 Å². The minimum atomic E-state index is -0.617. The van der Waals surface area contributed by atoms with Crippen LogP contribution >= 0.6 is 0 Å². The van der Waals surface area contributed by atoms with Gasteiger partial charge in [-0.25, -0.2) is 9.59 Å². The quantitative estimate of drug-likeness (QED) is 0.368. The smallest absolute Gasteiger partial charge is 0.410 e. The van der Waals surface area contributed by atoms with Crippen molar-refractivity contribution in [3.05, 3.63) is 0 Å². The lowest BCUT2D eigenvalue weighted by molar-refractivity contribution is -0.148. The van der Waals surface area contributed by atoms with Gasteiger partial charge >= 0.3 is 12.1 Å². The van der Waals surface area contributed by atoms with Crippen molar-refractivity contribution in [2.75, 3.05) is 20.3 Å². The van der Waals surface area contributed by atoms with E-state index in [9.17, 15) is 9.59 Å². The summed E-state index contributed by atoms with van der Waals surface area (Å²) in [6, 6.07) is -0.617. The predicted molar refractivity (Wildman–Crippen MR) is 92.4 cm³/mol. The zero-order chi connectivity index (χ0) is 17.5. The van der Waals surface area contributed by atoms with E-state index in [4.69, 9.17) is 9.47 Å². The molecule has 5 nitrogen and oxygen atoms in total. The molecule has 0 radical (unpaired) electrons. The maximum absolute atomic E-state index is 11.9. The minimum Gasteiger partial charge on any atom is -0.464 e. The van der Waals surface area contributed by atoms with Crippen LogP contribution in [0.1, 0.15) is 78.6 Å². The third-order valence-corrected chi connectivity index (χ3v) is 3.93. The Hall–Kier alpha value is -1.26. The van der Waals surface area contributed by atoms with Gasteiger partial charge in [-0.3, -0.25) is 4.90 Å². The summed E-state index contributed by atoms with van der Waals surface area (Å²) in [6.45, 7) is 6.80. The number of unbranched alkanes of at least 4 members (excludes halogenated alkanes) is 7. The third kappa shape index (κ3) is 11.0. The van der Waals surface area contributed by atoms with Gasteiger partial charge in [-0.1, -0.05) is 58.8 Å². The summed E-state index contributed by atoms with van der Waals surface area (Å²) in [7, 11) is 1.57. The van der Waals surface area contributed by atoms with Gasteiger partial charge in [0.1, 0.15) is 6.04 Å². The van der Waals surface area contributed by atoms with Gasteiger partial charge in [0.05, 0.1) is 13.2 Å². The number of carbonyl (C=O) groups is 2. The molecule has 0 rings (SSSR count). The highest BCUT2D eigenvalue weighted by Gasteiger charge is 2.24. The number of nitrogens with zero attached hydrogens (tertiary/aromatic N) is 1. The lowest BCUT2D eigenvalue weighted by atomic mass is 10.2. The van der Waals surface area contributed by atoms with Crippen LogP contribution in [0.4, 0.5) is 4.79 Å². The van der Waals surface area contributed by atoms with Crippen molar-refractivity contribution in [1.29, 1.82) is 0 Å². The molecule has 0 fully saturated rings. The van der Waals surface area contributed by atoms with Crippen LogP contribution in [0.3, 0.4) is 0 Å². The molecule has 1 amide bonds. The van der Waals surface area contributed by atoms with Gasteiger partial charge in [0, 0.05) is 7.05 Å². The van der Waals surface area contributed by atoms with Crippen LogP contribution in [0.15, 0.2) is 0 Å². The van der Waals surface area contributed by atoms with Gasteiger partial charge in [-0.05, 0) is 19.8 Å². The van der Waals surface area contributed by atoms with Crippen LogP contribution in [-0.4, -0.2) is 43.3 Å². The highest BCUT2D eigenvalue weighted by molar-refractivity contribution is 5.80. The normalized spacial score (nSPS) is 11.8. The summed E-state index contributed by atoms with van der Waals surface area (Å²) in [5.41, 5.74) is 0. The Morgan fingerprint density at radius 2 is 1.30 bits per heavy atom. The molecule has 0 aliphatic carbocycles. The fourth-order valence-electron chi connectivity index (χ4n) is 2.11. The molecule has 0 heterocycles. The molecule has 0 aliphatic rings. The van der Waals surface area contributed by atoms with Gasteiger partial charge < -0.3 is 9.47 Å². The Labute approximate surface area is 141 Å². The molecular formula is C18H35NO4. The zero-order valence-electron chi connectivity index (χ0n) is 15.4. The number of likely N-dealkylation sites (N-methyl/N-ethyl adjacent to an activating group) is 1. The van der Waals surface area contributed by atoms with Crippen molar-refractivity contribution in [1.82, 2.24) is 4.90 Å². The summed E-state index contributed by atoms with van der Waals surface area (Å²) in [5, 5.41) is 0. The molecule has 1 atom stereocenters. The minimum absolute atomic E-state index is 0.370. The molecule has 0 bridgehead atoms. The van der Waals surface area contributed by atoms with E-state index < -0.39 is 12.1 Å². The number of hydrogen-bond acceptors (Lipinski definition) is 4. The first-order chi connectivity index (χ1) is 11.0. The summed E-state index contributed by atoms with van der Waals surface area (Å²) < 4.78 is 10.4. The summed E-state index contributed by atoms with van der Waals surface area (Å²) in [4.78, 5) is 25.1. The second kappa shape index (κ2) is 14.3. The highest BCUT2D eigenvalue weighted by Crippen LogP contribution is 2.06. The molecule has 0 aromatic rings. The maximum atomic E-state index is 11.9. The lowest BCUT2D eigenvalue weighted by Gasteiger charge is -2.22. The van der Waals surface area contributed by atoms with Gasteiger partial charge in [0.25, 0.3) is 0 Å². The molecule has 0 spiro atoms. The van der Waals surface area contributed by atoms with Crippen LogP contribution < -0.4 is 0 Å². The second-order valence-corrected chi connectivity index (χ2v) is 6.04. The molecule has 0 aromatic carbocycles. The monoisotopic (exact) mass is 329 g/mol. The van der Waals surface area contributed by atoms with Crippen LogP contribution in [0, 0.1) is 0 Å². The van der Waals surface area contributed by atoms with Crippen LogP contribution in [0.25, 0.3) is 0 Å². The third-order valence-electron chi connectivity index (χ3n) is 3.93. The molecular weight excluding hydrogens is 294 g/mol. The van der Waals surface area contributed by atoms with E-state index in [1.807, 2.05) is 0 Å². The van der Waals surface area contributed by atoms with E-state index in [2.05, 4.69) is 13.8 Å². The largest absolute Gasteiger partial charge is 0.464 e. The van der Waals surface area contributed by atoms with Crippen molar-refractivity contribution in [2.24, 2.45) is 0 Å². The van der Waals surface area contributed by atoms with Gasteiger partial charge in [-0.2, -0.15) is 0 Å². The first-order valence-electron chi connectivity index (χ1n) is 9.10. The lowest BCUT2D eigenvalue weighted by Crippen LogP contribution is -2.41. The Morgan fingerprint density at radius 1 is 0.826 bits per heavy atom. The van der Waals surface area contributed by atoms with Crippen molar-refractivity contribution in [3.8, 4) is 0 Å². The molecule has 0 saturated heterocycles. The Bertz CT molecular complexity index is 320. The fraction of sp³-hybridized carbons (Fsp3) is 0.889. The van der Waals surface area contributed by atoms with E-state index >= 15 is 0 Å². The van der Waals surface area contributed by atoms with E-state index in [1.165, 1.54) is 24.2 Å². The molecule has 1 unspecified atom stereocenters. The second-order valence-electron chi connectivity index (χ2n) is 6.04. The number of amides is 1. The van der Waals surface area contributed by atoms with Crippen molar-refractivity contribution in [2.45, 2.75) is 84.6 Å². The van der Waals surface area contributed by atoms with Crippen LogP contribution in [-0.2, 0) is 14.3 Å². The van der Waals surface area contributed by atoms with Gasteiger partial charge in [-0.15, -0.1) is 0 Å². The average Bonchev–Trinajstić information content (AvgIpc) is 2.56. The molecule has 0 saturated carbocycles. The van der Waals surface area contributed by atoms with Gasteiger partial charge in [0.15, 0.2) is 0 Å². The van der Waals surface area contributed by atoms with E-state index in [0.717, 1.165) is 38.5 Å². The molecule has 0 aromatic heterocycles. The predicted octanol–water partition coefficient (Wildman–Crippen LogP) is 4.54. The maximum Gasteiger partial charge on any atom is 0.410 e. The zero-order valence-corrected chi connectivity index (χ0v) is 15.4. The Balaban J connectivity index is 3.85. The van der Waals surface area contributed by atoms with E-state index in [0.29, 0.717) is 13.2 Å². The SMILES string of the molecule is CCCCCCCOC(=O)C(C)N(C)C(=O)OCCCCCC. The van der Waals surface area contributed by atoms with Gasteiger partial charge in [0.2, 0.25) is 0 Å². The molecule has 0 aliphatic heterocycles. The number of esters is 1. The molecule has 5 heteroatoms. The first-order valence-corrected chi connectivity index (χ1v) is 9.10. The standard InChI is InChI=1S/C18H35NO4/c1-5-7-9-11-13-14-22-17(20)16(3)19(4)18(21)23-15-12-10-8-6-2/h16H,5-15H2,1-4H3. The Morgan fingerprint density at radius 3 is 1.87 bits per heavy atom. The number of hydrogen-bond donors (Lipinski definition) is 0. The topological polar surface area (TPSA) is 55.8 Å². The van der Waals surface area contributed by atoms with Crippen molar-refractivity contribution < 1.29 is 19.1 Å². The molecule has 136 valence electrons. The van der Waals surface area contributed by atoms with Crippen LogP contribution in [0.5, 0.6) is 0 Å². The number of rotatable bonds is 13. The number of carbonyl (C=O) groups excluding carboxylic acids is 2. The summed E-state index contributed by atoms with van der Waals surface area (Å²) in [6.07, 6.45) is 9.30. The van der Waals surface area contributed by atoms with E-state index in [1.54, 1.807) is 14.0 Å².